The molecule has 0 aliphatic carbocycles. The third-order valence-electron chi connectivity index (χ3n) is 2.94. The average Bonchev–Trinajstić information content (AvgIpc) is 2.80. The van der Waals surface area contributed by atoms with Gasteiger partial charge in [-0.1, -0.05) is 13.3 Å². The second kappa shape index (κ2) is 7.16. The number of carbonyl (C=O) groups is 1. The van der Waals surface area contributed by atoms with Crippen LogP contribution < -0.4 is 0 Å². The third kappa shape index (κ3) is 4.49. The van der Waals surface area contributed by atoms with Gasteiger partial charge in [-0.05, 0) is 13.3 Å². The summed E-state index contributed by atoms with van der Waals surface area (Å²) < 4.78 is 1.98. The van der Waals surface area contributed by atoms with Gasteiger partial charge in [0.05, 0.1) is 12.4 Å². The lowest BCUT2D eigenvalue weighted by atomic mass is 10.1. The molecular weight excluding hydrogens is 230 g/mol. The predicted octanol–water partition coefficient (Wildman–Crippen LogP) is 1.45. The summed E-state index contributed by atoms with van der Waals surface area (Å²) >= 11 is 0. The van der Waals surface area contributed by atoms with E-state index in [0.29, 0.717) is 13.0 Å². The van der Waals surface area contributed by atoms with Crippen LogP contribution in [0.25, 0.3) is 0 Å². The molecule has 1 rings (SSSR count). The number of imidazole rings is 1. The van der Waals surface area contributed by atoms with Crippen LogP contribution in [0.15, 0.2) is 18.7 Å². The first-order valence-corrected chi connectivity index (χ1v) is 6.44. The number of nitrogens with zero attached hydrogens (tertiary/aromatic N) is 3. The summed E-state index contributed by atoms with van der Waals surface area (Å²) in [6, 6.07) is 0.154. The molecule has 0 aliphatic rings. The molecule has 0 aromatic carbocycles. The largest absolute Gasteiger partial charge is 0.392 e. The summed E-state index contributed by atoms with van der Waals surface area (Å²) in [5, 5.41) is 9.28. The van der Waals surface area contributed by atoms with Crippen molar-refractivity contribution >= 4 is 5.91 Å². The van der Waals surface area contributed by atoms with Gasteiger partial charge in [-0.15, -0.1) is 0 Å². The Bertz CT molecular complexity index is 349. The van der Waals surface area contributed by atoms with Crippen LogP contribution in [0.5, 0.6) is 0 Å². The van der Waals surface area contributed by atoms with E-state index in [1.165, 1.54) is 0 Å². The summed E-state index contributed by atoms with van der Waals surface area (Å²) in [4.78, 5) is 17.7. The lowest BCUT2D eigenvalue weighted by molar-refractivity contribution is -0.131. The molecule has 18 heavy (non-hydrogen) atoms. The van der Waals surface area contributed by atoms with E-state index in [9.17, 15) is 9.90 Å². The van der Waals surface area contributed by atoms with Crippen molar-refractivity contribution in [3.05, 3.63) is 18.7 Å². The highest BCUT2D eigenvalue weighted by Gasteiger charge is 2.18. The summed E-state index contributed by atoms with van der Waals surface area (Å²) in [7, 11) is 1.73. The lowest BCUT2D eigenvalue weighted by Gasteiger charge is -2.23. The molecule has 0 saturated heterocycles. The highest BCUT2D eigenvalue weighted by Crippen LogP contribution is 2.18. The second-order valence-electron chi connectivity index (χ2n) is 4.78. The van der Waals surface area contributed by atoms with Gasteiger partial charge in [0.1, 0.15) is 0 Å². The van der Waals surface area contributed by atoms with Gasteiger partial charge in [0, 0.05) is 38.4 Å². The fourth-order valence-corrected chi connectivity index (χ4v) is 2.03. The Balaban J connectivity index is 2.58. The van der Waals surface area contributed by atoms with Crippen LogP contribution in [0.3, 0.4) is 0 Å². The number of aliphatic hydroxyl groups is 1. The van der Waals surface area contributed by atoms with Gasteiger partial charge in [-0.25, -0.2) is 4.98 Å². The molecule has 2 unspecified atom stereocenters. The average molecular weight is 253 g/mol. The van der Waals surface area contributed by atoms with Crippen LogP contribution in [0, 0.1) is 0 Å². The molecule has 2 atom stereocenters. The van der Waals surface area contributed by atoms with Crippen molar-refractivity contribution < 1.29 is 9.90 Å². The molecular formula is C13H23N3O2. The normalized spacial score (nSPS) is 14.2. The number of amides is 1. The maximum absolute atomic E-state index is 12.0. The molecule has 1 aromatic rings. The molecule has 0 aliphatic heterocycles. The van der Waals surface area contributed by atoms with E-state index in [1.807, 2.05) is 10.8 Å². The van der Waals surface area contributed by atoms with Gasteiger partial charge in [0.15, 0.2) is 0 Å². The van der Waals surface area contributed by atoms with E-state index in [-0.39, 0.29) is 11.9 Å². The number of aliphatic hydroxyl groups excluding tert-OH is 1. The first-order chi connectivity index (χ1) is 8.54. The van der Waals surface area contributed by atoms with Gasteiger partial charge >= 0.3 is 0 Å². The number of carbonyl (C=O) groups excluding carboxylic acids is 1. The minimum Gasteiger partial charge on any atom is -0.392 e. The molecule has 0 radical (unpaired) electrons. The fraction of sp³-hybridized carbons (Fsp3) is 0.692. The minimum absolute atomic E-state index is 0.0584. The molecule has 1 aromatic heterocycles. The molecule has 1 amide bonds. The fourth-order valence-electron chi connectivity index (χ4n) is 2.03. The zero-order valence-corrected chi connectivity index (χ0v) is 11.4. The highest BCUT2D eigenvalue weighted by molar-refractivity contribution is 5.76. The monoisotopic (exact) mass is 253 g/mol. The van der Waals surface area contributed by atoms with Crippen LogP contribution >= 0.6 is 0 Å². The van der Waals surface area contributed by atoms with Gasteiger partial charge in [0.2, 0.25) is 5.91 Å². The van der Waals surface area contributed by atoms with Crippen molar-refractivity contribution in [2.75, 3.05) is 13.6 Å². The van der Waals surface area contributed by atoms with Crippen LogP contribution in [-0.4, -0.2) is 45.2 Å². The Hall–Kier alpha value is -1.36. The van der Waals surface area contributed by atoms with Crippen LogP contribution in [-0.2, 0) is 4.79 Å². The van der Waals surface area contributed by atoms with Crippen molar-refractivity contribution in [2.24, 2.45) is 0 Å². The summed E-state index contributed by atoms with van der Waals surface area (Å²) in [5.41, 5.74) is 0. The Morgan fingerprint density at radius 3 is 2.78 bits per heavy atom. The third-order valence-corrected chi connectivity index (χ3v) is 2.94. The van der Waals surface area contributed by atoms with E-state index < -0.39 is 6.10 Å². The van der Waals surface area contributed by atoms with Crippen molar-refractivity contribution in [1.82, 2.24) is 14.5 Å². The number of aromatic nitrogens is 2. The van der Waals surface area contributed by atoms with Crippen LogP contribution in [0.2, 0.25) is 0 Å². The summed E-state index contributed by atoms with van der Waals surface area (Å²) in [5.74, 6) is 0.0584. The standard InChI is InChI=1S/C13H23N3O2/c1-4-5-12(16-7-6-14-10-16)8-13(18)15(3)9-11(2)17/h6-7,10-12,17H,4-5,8-9H2,1-3H3. The lowest BCUT2D eigenvalue weighted by Crippen LogP contribution is -2.34. The van der Waals surface area contributed by atoms with Gasteiger partial charge in [-0.3, -0.25) is 4.79 Å². The first kappa shape index (κ1) is 14.7. The zero-order valence-electron chi connectivity index (χ0n) is 11.4. The molecule has 1 heterocycles. The summed E-state index contributed by atoms with van der Waals surface area (Å²) in [6.45, 7) is 4.17. The van der Waals surface area contributed by atoms with Crippen molar-refractivity contribution in [1.29, 1.82) is 0 Å². The molecule has 1 N–H and O–H groups in total. The SMILES string of the molecule is CCCC(CC(=O)N(C)CC(C)O)n1ccnc1. The minimum atomic E-state index is -0.489. The van der Waals surface area contributed by atoms with Crippen LogP contribution in [0.4, 0.5) is 0 Å². The molecule has 102 valence electrons. The van der Waals surface area contributed by atoms with Crippen molar-refractivity contribution in [3.8, 4) is 0 Å². The number of likely N-dealkylation sites (N-methyl/N-ethyl adjacent to an activating group) is 1. The van der Waals surface area contributed by atoms with E-state index in [1.54, 1.807) is 31.4 Å². The molecule has 0 fully saturated rings. The molecule has 0 bridgehead atoms. The Morgan fingerprint density at radius 1 is 1.56 bits per heavy atom. The number of hydrogen-bond acceptors (Lipinski definition) is 3. The van der Waals surface area contributed by atoms with Gasteiger partial charge in [0.25, 0.3) is 0 Å². The number of rotatable bonds is 7. The number of hydrogen-bond donors (Lipinski definition) is 1. The van der Waals surface area contributed by atoms with E-state index in [2.05, 4.69) is 11.9 Å². The molecule has 0 saturated carbocycles. The van der Waals surface area contributed by atoms with Crippen molar-refractivity contribution in [3.63, 3.8) is 0 Å². The quantitative estimate of drug-likeness (QED) is 0.800. The van der Waals surface area contributed by atoms with Gasteiger partial charge in [-0.2, -0.15) is 0 Å². The van der Waals surface area contributed by atoms with E-state index in [4.69, 9.17) is 0 Å². The summed E-state index contributed by atoms with van der Waals surface area (Å²) in [6.07, 6.45) is 7.31. The molecule has 0 spiro atoms. The maximum Gasteiger partial charge on any atom is 0.224 e. The van der Waals surface area contributed by atoms with Crippen LogP contribution in [0.1, 0.15) is 39.2 Å². The molecule has 5 heteroatoms. The Morgan fingerprint density at radius 2 is 2.28 bits per heavy atom. The first-order valence-electron chi connectivity index (χ1n) is 6.44. The predicted molar refractivity (Wildman–Crippen MR) is 70.1 cm³/mol. The molecule has 5 nitrogen and oxygen atoms in total. The van der Waals surface area contributed by atoms with Crippen molar-refractivity contribution in [2.45, 2.75) is 45.3 Å². The smallest absolute Gasteiger partial charge is 0.224 e. The zero-order chi connectivity index (χ0) is 13.5. The van der Waals surface area contributed by atoms with E-state index >= 15 is 0 Å². The highest BCUT2D eigenvalue weighted by atomic mass is 16.3. The maximum atomic E-state index is 12.0. The Kier molecular flexibility index (Phi) is 5.85. The Labute approximate surface area is 108 Å². The second-order valence-corrected chi connectivity index (χ2v) is 4.78. The topological polar surface area (TPSA) is 58.4 Å². The van der Waals surface area contributed by atoms with E-state index in [0.717, 1.165) is 12.8 Å². The van der Waals surface area contributed by atoms with Gasteiger partial charge < -0.3 is 14.6 Å².